The van der Waals surface area contributed by atoms with E-state index < -0.39 is 22.9 Å². The van der Waals surface area contributed by atoms with Gasteiger partial charge in [-0.1, -0.05) is 18.2 Å². The van der Waals surface area contributed by atoms with Gasteiger partial charge in [0.15, 0.2) is 11.5 Å². The summed E-state index contributed by atoms with van der Waals surface area (Å²) < 4.78 is 51.7. The maximum atomic E-state index is 13.3. The van der Waals surface area contributed by atoms with Gasteiger partial charge in [0.1, 0.15) is 11.4 Å². The molecule has 0 aliphatic carbocycles. The molecular formula is C24H26F3N3O3. The van der Waals surface area contributed by atoms with E-state index in [9.17, 15) is 18.0 Å². The molecule has 0 radical (unpaired) electrons. The van der Waals surface area contributed by atoms with Gasteiger partial charge in [0.05, 0.1) is 12.2 Å². The fourth-order valence-electron chi connectivity index (χ4n) is 4.27. The quantitative estimate of drug-likeness (QED) is 0.736. The average molecular weight is 461 g/mol. The fourth-order valence-corrected chi connectivity index (χ4v) is 4.27. The van der Waals surface area contributed by atoms with Crippen molar-refractivity contribution < 1.29 is 27.4 Å². The minimum atomic E-state index is -4.47. The van der Waals surface area contributed by atoms with E-state index in [2.05, 4.69) is 4.99 Å². The van der Waals surface area contributed by atoms with Crippen LogP contribution in [0.4, 0.5) is 13.2 Å². The van der Waals surface area contributed by atoms with E-state index in [1.807, 2.05) is 6.92 Å². The average Bonchev–Trinajstić information content (AvgIpc) is 2.97. The van der Waals surface area contributed by atoms with Gasteiger partial charge in [-0.15, -0.1) is 0 Å². The predicted molar refractivity (Wildman–Crippen MR) is 118 cm³/mol. The summed E-state index contributed by atoms with van der Waals surface area (Å²) in [5.74, 6) is 0.127. The molecule has 6 nitrogen and oxygen atoms in total. The molecule has 2 atom stereocenters. The molecule has 0 bridgehead atoms. The summed E-state index contributed by atoms with van der Waals surface area (Å²) in [4.78, 5) is 18.8. The summed E-state index contributed by atoms with van der Waals surface area (Å²) in [6.07, 6.45) is -2.87. The minimum Gasteiger partial charge on any atom is -0.485 e. The largest absolute Gasteiger partial charge is 0.485 e. The maximum absolute atomic E-state index is 13.3. The van der Waals surface area contributed by atoms with Crippen molar-refractivity contribution in [1.29, 1.82) is 0 Å². The minimum absolute atomic E-state index is 0.0603. The Labute approximate surface area is 190 Å². The summed E-state index contributed by atoms with van der Waals surface area (Å²) in [6.45, 7) is 4.60. The van der Waals surface area contributed by atoms with Crippen LogP contribution in [0.2, 0.25) is 0 Å². The van der Waals surface area contributed by atoms with Gasteiger partial charge in [0.2, 0.25) is 0 Å². The van der Waals surface area contributed by atoms with Crippen LogP contribution in [-0.2, 0) is 21.2 Å². The van der Waals surface area contributed by atoms with Crippen LogP contribution in [0.3, 0.4) is 0 Å². The van der Waals surface area contributed by atoms with Crippen molar-refractivity contribution in [3.63, 3.8) is 0 Å². The van der Waals surface area contributed by atoms with Gasteiger partial charge in [-0.05, 0) is 62.1 Å². The highest BCUT2D eigenvalue weighted by Gasteiger charge is 2.46. The van der Waals surface area contributed by atoms with Crippen LogP contribution >= 0.6 is 0 Å². The van der Waals surface area contributed by atoms with E-state index in [0.717, 1.165) is 25.0 Å². The first kappa shape index (κ1) is 23.1. The Morgan fingerprint density at radius 1 is 1.15 bits per heavy atom. The molecule has 9 heteroatoms. The lowest BCUT2D eigenvalue weighted by atomic mass is 9.88. The molecule has 1 fully saturated rings. The number of carbonyl (C=O) groups is 1. The van der Waals surface area contributed by atoms with E-state index in [0.29, 0.717) is 35.7 Å². The van der Waals surface area contributed by atoms with Gasteiger partial charge in [0, 0.05) is 19.2 Å². The Balaban J connectivity index is 1.83. The van der Waals surface area contributed by atoms with Gasteiger partial charge >= 0.3 is 6.18 Å². The molecule has 2 aliphatic heterocycles. The highest BCUT2D eigenvalue weighted by molar-refractivity contribution is 6.07. The van der Waals surface area contributed by atoms with Crippen molar-refractivity contribution in [3.8, 4) is 16.9 Å². The molecule has 2 heterocycles. The number of alkyl halides is 3. The number of ether oxygens (including phenoxy) is 2. The summed E-state index contributed by atoms with van der Waals surface area (Å²) in [6, 6.07) is 10.1. The van der Waals surface area contributed by atoms with Crippen molar-refractivity contribution in [2.24, 2.45) is 10.7 Å². The summed E-state index contributed by atoms with van der Waals surface area (Å²) >= 11 is 0. The van der Waals surface area contributed by atoms with Crippen LogP contribution in [-0.4, -0.2) is 42.6 Å². The van der Waals surface area contributed by atoms with Crippen molar-refractivity contribution >= 4 is 11.9 Å². The summed E-state index contributed by atoms with van der Waals surface area (Å²) in [5, 5.41) is 0. The number of guanidine groups is 1. The van der Waals surface area contributed by atoms with Crippen LogP contribution < -0.4 is 10.5 Å². The second-order valence-electron chi connectivity index (χ2n) is 8.90. The summed E-state index contributed by atoms with van der Waals surface area (Å²) in [5.41, 5.74) is 4.49. The van der Waals surface area contributed by atoms with E-state index in [1.54, 1.807) is 31.2 Å². The van der Waals surface area contributed by atoms with Crippen LogP contribution in [0, 0.1) is 0 Å². The fraction of sp³-hybridized carbons (Fsp3) is 0.417. The molecule has 1 saturated heterocycles. The van der Waals surface area contributed by atoms with Gasteiger partial charge in [-0.3, -0.25) is 9.69 Å². The Bertz CT molecular complexity index is 1110. The number of carbonyl (C=O) groups excluding carboxylic acids is 1. The van der Waals surface area contributed by atoms with E-state index in [1.165, 1.54) is 18.0 Å². The number of halogens is 3. The Morgan fingerprint density at radius 3 is 2.48 bits per heavy atom. The first-order valence-corrected chi connectivity index (χ1v) is 10.7. The Kier molecular flexibility index (Phi) is 5.64. The molecule has 33 heavy (non-hydrogen) atoms. The summed E-state index contributed by atoms with van der Waals surface area (Å²) in [7, 11) is 1.53. The maximum Gasteiger partial charge on any atom is 0.416 e. The van der Waals surface area contributed by atoms with Gasteiger partial charge in [-0.2, -0.15) is 13.2 Å². The third-order valence-electron chi connectivity index (χ3n) is 6.19. The smallest absolute Gasteiger partial charge is 0.416 e. The van der Waals surface area contributed by atoms with Crippen molar-refractivity contribution in [1.82, 2.24) is 4.90 Å². The number of hydrogen-bond acceptors (Lipinski definition) is 5. The highest BCUT2D eigenvalue weighted by atomic mass is 19.4. The number of hydrogen-bond donors (Lipinski definition) is 1. The second-order valence-corrected chi connectivity index (χ2v) is 8.90. The first-order valence-electron chi connectivity index (χ1n) is 10.7. The topological polar surface area (TPSA) is 77.2 Å². The third kappa shape index (κ3) is 4.29. The van der Waals surface area contributed by atoms with Crippen LogP contribution in [0.25, 0.3) is 11.1 Å². The molecule has 0 saturated carbocycles. The Morgan fingerprint density at radius 2 is 1.88 bits per heavy atom. The van der Waals surface area contributed by atoms with Gasteiger partial charge in [-0.25, -0.2) is 4.99 Å². The molecule has 1 amide bonds. The molecule has 2 N–H and O–H groups in total. The number of likely N-dealkylation sites (N-methyl/N-ethyl adjacent to an activating group) is 1. The number of benzene rings is 2. The lowest BCUT2D eigenvalue weighted by molar-refractivity contribution is -0.137. The third-order valence-corrected chi connectivity index (χ3v) is 6.19. The van der Waals surface area contributed by atoms with Crippen LogP contribution in [0.15, 0.2) is 47.5 Å². The zero-order valence-corrected chi connectivity index (χ0v) is 18.7. The SMILES string of the molecule is CN1C(=O)[C@](C)(c2cc(-c3cccc(C(F)(F)F)c3)ccc2O[C@]2(C)CCCOC2)N=C1N. The number of rotatable bonds is 4. The molecule has 4 rings (SSSR count). The number of nitrogens with zero attached hydrogens (tertiary/aromatic N) is 2. The lowest BCUT2D eigenvalue weighted by Gasteiger charge is -2.36. The molecule has 2 aliphatic rings. The molecule has 0 spiro atoms. The van der Waals surface area contributed by atoms with Gasteiger partial charge < -0.3 is 15.2 Å². The van der Waals surface area contributed by atoms with Crippen molar-refractivity contribution in [2.45, 2.75) is 44.0 Å². The lowest BCUT2D eigenvalue weighted by Crippen LogP contribution is -2.42. The molecule has 176 valence electrons. The van der Waals surface area contributed by atoms with Crippen molar-refractivity contribution in [2.75, 3.05) is 20.3 Å². The molecule has 0 aromatic heterocycles. The Hall–Kier alpha value is -3.07. The molecule has 2 aromatic rings. The zero-order valence-electron chi connectivity index (χ0n) is 18.7. The van der Waals surface area contributed by atoms with Crippen LogP contribution in [0.5, 0.6) is 5.75 Å². The van der Waals surface area contributed by atoms with Gasteiger partial charge in [0.25, 0.3) is 5.91 Å². The number of aliphatic imine (C=N–C) groups is 1. The second kappa shape index (κ2) is 8.06. The zero-order chi connectivity index (χ0) is 24.0. The van der Waals surface area contributed by atoms with E-state index >= 15 is 0 Å². The molecule has 0 unspecified atom stereocenters. The van der Waals surface area contributed by atoms with E-state index in [4.69, 9.17) is 15.2 Å². The number of amides is 1. The normalized spacial score (nSPS) is 25.8. The predicted octanol–water partition coefficient (Wildman–Crippen LogP) is 4.32. The molecule has 2 aromatic carbocycles. The standard InChI is InChI=1S/C24H26F3N3O3/c1-22(10-5-11-32-14-22)33-19-9-8-16(15-6-4-7-17(12-15)24(25,26)27)13-18(19)23(2)20(31)30(3)21(28)29-23/h4,6-9,12-13H,5,10-11,14H2,1-3H3,(H2,28,29)/t22-,23+/m1/s1. The van der Waals surface area contributed by atoms with E-state index in [-0.39, 0.29) is 11.9 Å². The first-order chi connectivity index (χ1) is 15.4. The number of nitrogens with two attached hydrogens (primary N) is 1. The molecular weight excluding hydrogens is 435 g/mol. The monoisotopic (exact) mass is 461 g/mol. The van der Waals surface area contributed by atoms with Crippen LogP contribution in [0.1, 0.15) is 37.8 Å². The van der Waals surface area contributed by atoms with Crippen molar-refractivity contribution in [3.05, 3.63) is 53.6 Å². The highest BCUT2D eigenvalue weighted by Crippen LogP contribution is 2.42.